The Morgan fingerprint density at radius 1 is 1.08 bits per heavy atom. The van der Waals surface area contributed by atoms with Crippen molar-refractivity contribution in [2.75, 3.05) is 13.1 Å². The summed E-state index contributed by atoms with van der Waals surface area (Å²) >= 11 is 5.89. The van der Waals surface area contributed by atoms with Gasteiger partial charge in [-0.05, 0) is 42.5 Å². The average molecular weight is 356 g/mol. The zero-order valence-electron chi connectivity index (χ0n) is 13.6. The summed E-state index contributed by atoms with van der Waals surface area (Å²) in [6.45, 7) is 1.35. The summed E-state index contributed by atoms with van der Waals surface area (Å²) in [5.41, 5.74) is 1.52. The molecular weight excluding hydrogens is 338 g/mol. The molecule has 0 N–H and O–H groups in total. The topological polar surface area (TPSA) is 46.8 Å². The first-order valence-corrected chi connectivity index (χ1v) is 8.73. The highest BCUT2D eigenvalue weighted by Crippen LogP contribution is 2.22. The lowest BCUT2D eigenvalue weighted by molar-refractivity contribution is 0.0587. The van der Waals surface area contributed by atoms with Crippen molar-refractivity contribution in [3.8, 4) is 5.75 Å². The molecule has 1 amide bonds. The van der Waals surface area contributed by atoms with Crippen molar-refractivity contribution in [2.24, 2.45) is 0 Å². The fourth-order valence-electron chi connectivity index (χ4n) is 3.16. The highest BCUT2D eigenvalue weighted by atomic mass is 35.5. The quantitative estimate of drug-likeness (QED) is 0.720. The van der Waals surface area contributed by atoms with Crippen LogP contribution in [0.15, 0.2) is 54.7 Å². The van der Waals surface area contributed by atoms with Crippen LogP contribution in [0.4, 0.5) is 0 Å². The molecule has 128 valence electrons. The Labute approximate surface area is 150 Å². The van der Waals surface area contributed by atoms with Gasteiger partial charge in [-0.1, -0.05) is 17.7 Å². The average Bonchev–Trinajstić information content (AvgIpc) is 3.12. The van der Waals surface area contributed by atoms with E-state index < -0.39 is 0 Å². The number of aromatic nitrogens is 2. The van der Waals surface area contributed by atoms with E-state index in [1.54, 1.807) is 10.7 Å². The van der Waals surface area contributed by atoms with Crippen LogP contribution in [0.3, 0.4) is 0 Å². The second kappa shape index (κ2) is 6.76. The number of rotatable bonds is 3. The van der Waals surface area contributed by atoms with Crippen LogP contribution in [0.2, 0.25) is 5.02 Å². The molecule has 0 saturated carbocycles. The van der Waals surface area contributed by atoms with Crippen LogP contribution in [0.5, 0.6) is 5.75 Å². The van der Waals surface area contributed by atoms with Crippen molar-refractivity contribution in [2.45, 2.75) is 18.9 Å². The molecule has 0 aliphatic carbocycles. The van der Waals surface area contributed by atoms with Crippen molar-refractivity contribution in [1.29, 1.82) is 0 Å². The third-order valence-electron chi connectivity index (χ3n) is 4.49. The standard InChI is InChI=1S/C19H18ClN3O2/c20-14-4-6-16(7-5-14)25-17-9-12-22(13-10-17)19(24)18-3-1-2-15-8-11-21-23(15)18/h1-8,11,17H,9-10,12-13H2. The number of carbonyl (C=O) groups excluding carboxylic acids is 1. The van der Waals surface area contributed by atoms with Gasteiger partial charge in [-0.25, -0.2) is 4.52 Å². The largest absolute Gasteiger partial charge is 0.490 e. The van der Waals surface area contributed by atoms with Gasteiger partial charge < -0.3 is 9.64 Å². The smallest absolute Gasteiger partial charge is 0.272 e. The predicted octanol–water partition coefficient (Wildman–Crippen LogP) is 3.67. The molecule has 1 aromatic carbocycles. The van der Waals surface area contributed by atoms with E-state index in [-0.39, 0.29) is 12.0 Å². The summed E-state index contributed by atoms with van der Waals surface area (Å²) < 4.78 is 7.68. The highest BCUT2D eigenvalue weighted by Gasteiger charge is 2.26. The molecule has 0 spiro atoms. The molecular formula is C19H18ClN3O2. The summed E-state index contributed by atoms with van der Waals surface area (Å²) in [6.07, 6.45) is 3.44. The van der Waals surface area contributed by atoms with E-state index >= 15 is 0 Å². The number of pyridine rings is 1. The van der Waals surface area contributed by atoms with Crippen LogP contribution in [-0.2, 0) is 0 Å². The number of likely N-dealkylation sites (tertiary alicyclic amines) is 1. The van der Waals surface area contributed by atoms with E-state index in [1.165, 1.54) is 0 Å². The van der Waals surface area contributed by atoms with Gasteiger partial charge in [-0.3, -0.25) is 4.79 Å². The van der Waals surface area contributed by atoms with Crippen LogP contribution in [-0.4, -0.2) is 39.6 Å². The van der Waals surface area contributed by atoms with E-state index in [1.807, 2.05) is 53.4 Å². The lowest BCUT2D eigenvalue weighted by atomic mass is 10.1. The minimum atomic E-state index is 0.0132. The van der Waals surface area contributed by atoms with Gasteiger partial charge >= 0.3 is 0 Å². The zero-order chi connectivity index (χ0) is 17.2. The first kappa shape index (κ1) is 16.0. The van der Waals surface area contributed by atoms with E-state index in [9.17, 15) is 4.79 Å². The minimum absolute atomic E-state index is 0.0132. The molecule has 1 aliphatic heterocycles. The molecule has 3 heterocycles. The molecule has 6 heteroatoms. The number of nitrogens with zero attached hydrogens (tertiary/aromatic N) is 3. The number of benzene rings is 1. The maximum absolute atomic E-state index is 12.8. The second-order valence-electron chi connectivity index (χ2n) is 6.14. The third kappa shape index (κ3) is 3.33. The van der Waals surface area contributed by atoms with E-state index in [4.69, 9.17) is 16.3 Å². The monoisotopic (exact) mass is 355 g/mol. The molecule has 25 heavy (non-hydrogen) atoms. The Hall–Kier alpha value is -2.53. The first-order chi connectivity index (χ1) is 12.2. The van der Waals surface area contributed by atoms with Crippen LogP contribution < -0.4 is 4.74 Å². The molecule has 1 fully saturated rings. The van der Waals surface area contributed by atoms with Crippen LogP contribution >= 0.6 is 11.6 Å². The Morgan fingerprint density at radius 2 is 1.84 bits per heavy atom. The maximum Gasteiger partial charge on any atom is 0.272 e. The molecule has 3 aromatic rings. The summed E-state index contributed by atoms with van der Waals surface area (Å²) in [5.74, 6) is 0.828. The lowest BCUT2D eigenvalue weighted by Gasteiger charge is -2.32. The number of amides is 1. The third-order valence-corrected chi connectivity index (χ3v) is 4.74. The fraction of sp³-hybridized carbons (Fsp3) is 0.263. The van der Waals surface area contributed by atoms with Crippen LogP contribution in [0.1, 0.15) is 23.3 Å². The van der Waals surface area contributed by atoms with Gasteiger partial charge in [0, 0.05) is 31.0 Å². The van der Waals surface area contributed by atoms with E-state index in [0.717, 1.165) is 24.1 Å². The SMILES string of the molecule is O=C(c1cccc2ccnn12)N1CCC(Oc2ccc(Cl)cc2)CC1. The van der Waals surface area contributed by atoms with Gasteiger partial charge in [-0.2, -0.15) is 5.10 Å². The van der Waals surface area contributed by atoms with Crippen molar-refractivity contribution < 1.29 is 9.53 Å². The highest BCUT2D eigenvalue weighted by molar-refractivity contribution is 6.30. The molecule has 2 aromatic heterocycles. The molecule has 4 rings (SSSR count). The molecule has 1 saturated heterocycles. The number of hydrogen-bond donors (Lipinski definition) is 0. The zero-order valence-corrected chi connectivity index (χ0v) is 14.4. The summed E-state index contributed by atoms with van der Waals surface area (Å²) in [7, 11) is 0. The Bertz CT molecular complexity index is 883. The van der Waals surface area contributed by atoms with Crippen LogP contribution in [0.25, 0.3) is 5.52 Å². The second-order valence-corrected chi connectivity index (χ2v) is 6.58. The van der Waals surface area contributed by atoms with Crippen molar-refractivity contribution in [3.63, 3.8) is 0 Å². The molecule has 0 atom stereocenters. The maximum atomic E-state index is 12.8. The van der Waals surface area contributed by atoms with Gasteiger partial charge in [0.05, 0.1) is 11.7 Å². The first-order valence-electron chi connectivity index (χ1n) is 8.35. The van der Waals surface area contributed by atoms with Gasteiger partial charge in [0.1, 0.15) is 17.5 Å². The van der Waals surface area contributed by atoms with Crippen molar-refractivity contribution >= 4 is 23.0 Å². The van der Waals surface area contributed by atoms with E-state index in [2.05, 4.69) is 5.10 Å². The van der Waals surface area contributed by atoms with Gasteiger partial charge in [-0.15, -0.1) is 0 Å². The van der Waals surface area contributed by atoms with Crippen molar-refractivity contribution in [1.82, 2.24) is 14.5 Å². The Morgan fingerprint density at radius 3 is 2.60 bits per heavy atom. The van der Waals surface area contributed by atoms with Crippen molar-refractivity contribution in [3.05, 3.63) is 65.4 Å². The van der Waals surface area contributed by atoms with Gasteiger partial charge in [0.15, 0.2) is 0 Å². The number of halogens is 1. The molecule has 5 nitrogen and oxygen atoms in total. The number of piperidine rings is 1. The summed E-state index contributed by atoms with van der Waals surface area (Å²) in [4.78, 5) is 14.7. The summed E-state index contributed by atoms with van der Waals surface area (Å²) in [5, 5.41) is 4.94. The molecule has 0 unspecified atom stereocenters. The number of carbonyl (C=O) groups is 1. The Kier molecular flexibility index (Phi) is 4.32. The molecule has 0 radical (unpaired) electrons. The molecule has 1 aliphatic rings. The van der Waals surface area contributed by atoms with Gasteiger partial charge in [0.2, 0.25) is 0 Å². The number of ether oxygens (including phenoxy) is 1. The number of hydrogen-bond acceptors (Lipinski definition) is 3. The Balaban J connectivity index is 1.40. The summed E-state index contributed by atoms with van der Waals surface area (Å²) in [6, 6.07) is 14.9. The van der Waals surface area contributed by atoms with E-state index in [0.29, 0.717) is 23.8 Å². The predicted molar refractivity (Wildman–Crippen MR) is 96.2 cm³/mol. The fourth-order valence-corrected chi connectivity index (χ4v) is 3.28. The van der Waals surface area contributed by atoms with Gasteiger partial charge in [0.25, 0.3) is 5.91 Å². The lowest BCUT2D eigenvalue weighted by Crippen LogP contribution is -2.42. The normalized spacial score (nSPS) is 15.5. The van der Waals surface area contributed by atoms with Crippen LogP contribution in [0, 0.1) is 0 Å². The number of fused-ring (bicyclic) bond motifs is 1. The minimum Gasteiger partial charge on any atom is -0.490 e. The molecule has 0 bridgehead atoms.